The van der Waals surface area contributed by atoms with Crippen molar-refractivity contribution < 1.29 is 9.53 Å². The van der Waals surface area contributed by atoms with Crippen molar-refractivity contribution in [1.29, 1.82) is 0 Å². The molecule has 0 saturated heterocycles. The molecule has 0 aliphatic rings. The van der Waals surface area contributed by atoms with Crippen molar-refractivity contribution in [3.05, 3.63) is 35.4 Å². The first-order valence-electron chi connectivity index (χ1n) is 5.79. The summed E-state index contributed by atoms with van der Waals surface area (Å²) in [5.41, 5.74) is 2.66. The number of rotatable bonds is 5. The van der Waals surface area contributed by atoms with Gasteiger partial charge < -0.3 is 4.74 Å². The van der Waals surface area contributed by atoms with Gasteiger partial charge in [0.05, 0.1) is 7.11 Å². The maximum absolute atomic E-state index is 11.0. The number of methoxy groups -OCH3 is 1. The largest absolute Gasteiger partial charge is 0.469 e. The molecule has 0 radical (unpaired) electrons. The highest BCUT2D eigenvalue weighted by atomic mass is 16.5. The third kappa shape index (κ3) is 4.05. The molecule has 0 amide bonds. The van der Waals surface area contributed by atoms with Crippen molar-refractivity contribution in [2.45, 2.75) is 39.0 Å². The van der Waals surface area contributed by atoms with Crippen molar-refractivity contribution in [1.82, 2.24) is 0 Å². The van der Waals surface area contributed by atoms with E-state index in [0.717, 1.165) is 12.8 Å². The minimum Gasteiger partial charge on any atom is -0.469 e. The molecule has 0 N–H and O–H groups in total. The van der Waals surface area contributed by atoms with Crippen molar-refractivity contribution in [3.8, 4) is 0 Å². The molecule has 0 unspecified atom stereocenters. The Balaban J connectivity index is 2.48. The van der Waals surface area contributed by atoms with E-state index in [1.54, 1.807) is 0 Å². The van der Waals surface area contributed by atoms with E-state index < -0.39 is 0 Å². The number of aryl methyl sites for hydroxylation is 1. The van der Waals surface area contributed by atoms with Crippen molar-refractivity contribution in [3.63, 3.8) is 0 Å². The molecule has 0 aromatic heterocycles. The van der Waals surface area contributed by atoms with Gasteiger partial charge in [0.15, 0.2) is 0 Å². The molecule has 0 spiro atoms. The van der Waals surface area contributed by atoms with Crippen LogP contribution in [0.3, 0.4) is 0 Å². The molecule has 0 heterocycles. The Morgan fingerprint density at radius 3 is 2.75 bits per heavy atom. The fourth-order valence-electron chi connectivity index (χ4n) is 1.65. The van der Waals surface area contributed by atoms with Crippen LogP contribution < -0.4 is 0 Å². The van der Waals surface area contributed by atoms with Crippen molar-refractivity contribution in [2.75, 3.05) is 7.11 Å². The molecule has 1 aromatic rings. The molecule has 0 bridgehead atoms. The maximum atomic E-state index is 11.0. The highest BCUT2D eigenvalue weighted by Crippen LogP contribution is 2.16. The molecule has 1 rings (SSSR count). The van der Waals surface area contributed by atoms with Crippen LogP contribution in [0.1, 0.15) is 43.7 Å². The van der Waals surface area contributed by atoms with Crippen LogP contribution >= 0.6 is 0 Å². The number of hydrogen-bond acceptors (Lipinski definition) is 2. The summed E-state index contributed by atoms with van der Waals surface area (Å²) in [7, 11) is 1.43. The first-order chi connectivity index (χ1) is 7.63. The standard InChI is InChI=1S/C14H20O2/c1-11(2)13-8-4-6-12(10-13)7-5-9-14(15)16-3/h4,6,8,10-11H,5,7,9H2,1-3H3. The molecule has 0 aliphatic carbocycles. The third-order valence-corrected chi connectivity index (χ3v) is 2.69. The second-order valence-electron chi connectivity index (χ2n) is 4.33. The molecule has 88 valence electrons. The summed E-state index contributed by atoms with van der Waals surface area (Å²) < 4.78 is 4.61. The van der Waals surface area contributed by atoms with E-state index in [1.807, 2.05) is 0 Å². The maximum Gasteiger partial charge on any atom is 0.305 e. The van der Waals surface area contributed by atoms with Gasteiger partial charge in [0.25, 0.3) is 0 Å². The summed E-state index contributed by atoms with van der Waals surface area (Å²) in [6.07, 6.45) is 2.30. The molecule has 0 aliphatic heterocycles. The van der Waals surface area contributed by atoms with E-state index in [4.69, 9.17) is 0 Å². The lowest BCUT2D eigenvalue weighted by Gasteiger charge is -2.07. The van der Waals surface area contributed by atoms with Crippen LogP contribution in [0.2, 0.25) is 0 Å². The number of carbonyl (C=O) groups is 1. The normalized spacial score (nSPS) is 10.5. The van der Waals surface area contributed by atoms with Gasteiger partial charge in [-0.1, -0.05) is 38.1 Å². The second kappa shape index (κ2) is 6.31. The zero-order valence-corrected chi connectivity index (χ0v) is 10.3. The van der Waals surface area contributed by atoms with Gasteiger partial charge in [-0.15, -0.1) is 0 Å². The number of esters is 1. The monoisotopic (exact) mass is 220 g/mol. The first kappa shape index (κ1) is 12.8. The van der Waals surface area contributed by atoms with Crippen LogP contribution in [0.25, 0.3) is 0 Å². The number of carbonyl (C=O) groups excluding carboxylic acids is 1. The Labute approximate surface area is 97.6 Å². The molecule has 0 atom stereocenters. The average molecular weight is 220 g/mol. The number of benzene rings is 1. The molecule has 0 fully saturated rings. The lowest BCUT2D eigenvalue weighted by Crippen LogP contribution is -2.00. The summed E-state index contributed by atoms with van der Waals surface area (Å²) in [5.74, 6) is 0.431. The first-order valence-corrected chi connectivity index (χ1v) is 5.79. The second-order valence-corrected chi connectivity index (χ2v) is 4.33. The van der Waals surface area contributed by atoms with Gasteiger partial charge in [-0.2, -0.15) is 0 Å². The minimum atomic E-state index is -0.125. The van der Waals surface area contributed by atoms with Gasteiger partial charge in [-0.25, -0.2) is 0 Å². The van der Waals surface area contributed by atoms with E-state index >= 15 is 0 Å². The molecular formula is C14H20O2. The van der Waals surface area contributed by atoms with Crippen LogP contribution in [0, 0.1) is 0 Å². The Kier molecular flexibility index (Phi) is 5.03. The summed E-state index contributed by atoms with van der Waals surface area (Å²) in [5, 5.41) is 0. The van der Waals surface area contributed by atoms with Crippen LogP contribution in [0.5, 0.6) is 0 Å². The summed E-state index contributed by atoms with van der Waals surface area (Å²) >= 11 is 0. The molecule has 2 heteroatoms. The van der Waals surface area contributed by atoms with Gasteiger partial charge in [-0.3, -0.25) is 4.79 Å². The zero-order chi connectivity index (χ0) is 12.0. The lowest BCUT2D eigenvalue weighted by atomic mass is 9.99. The SMILES string of the molecule is COC(=O)CCCc1cccc(C(C)C)c1. The predicted octanol–water partition coefficient (Wildman–Crippen LogP) is 3.31. The summed E-state index contributed by atoms with van der Waals surface area (Å²) in [4.78, 5) is 11.0. The van der Waals surface area contributed by atoms with E-state index in [1.165, 1.54) is 18.2 Å². The minimum absolute atomic E-state index is 0.125. The quantitative estimate of drug-likeness (QED) is 0.712. The smallest absolute Gasteiger partial charge is 0.305 e. The van der Waals surface area contributed by atoms with Crippen molar-refractivity contribution >= 4 is 5.97 Å². The van der Waals surface area contributed by atoms with Gasteiger partial charge in [0.1, 0.15) is 0 Å². The Morgan fingerprint density at radius 1 is 1.38 bits per heavy atom. The Bertz CT molecular complexity index is 342. The van der Waals surface area contributed by atoms with E-state index in [9.17, 15) is 4.79 Å². The number of hydrogen-bond donors (Lipinski definition) is 0. The highest BCUT2D eigenvalue weighted by Gasteiger charge is 2.02. The Hall–Kier alpha value is -1.31. The lowest BCUT2D eigenvalue weighted by molar-refractivity contribution is -0.140. The third-order valence-electron chi connectivity index (χ3n) is 2.69. The summed E-state index contributed by atoms with van der Waals surface area (Å²) in [6, 6.07) is 8.57. The fourth-order valence-corrected chi connectivity index (χ4v) is 1.65. The van der Waals surface area contributed by atoms with E-state index in [0.29, 0.717) is 12.3 Å². The zero-order valence-electron chi connectivity index (χ0n) is 10.3. The molecule has 16 heavy (non-hydrogen) atoms. The molecule has 1 aromatic carbocycles. The molecule has 0 saturated carbocycles. The average Bonchev–Trinajstić information content (AvgIpc) is 2.29. The highest BCUT2D eigenvalue weighted by molar-refractivity contribution is 5.69. The summed E-state index contributed by atoms with van der Waals surface area (Å²) in [6.45, 7) is 4.38. The van der Waals surface area contributed by atoms with Crippen LogP contribution in [-0.4, -0.2) is 13.1 Å². The van der Waals surface area contributed by atoms with E-state index in [2.05, 4.69) is 42.8 Å². The van der Waals surface area contributed by atoms with Crippen molar-refractivity contribution in [2.24, 2.45) is 0 Å². The fraction of sp³-hybridized carbons (Fsp3) is 0.500. The van der Waals surface area contributed by atoms with Gasteiger partial charge in [-0.05, 0) is 29.9 Å². The predicted molar refractivity (Wildman–Crippen MR) is 65.5 cm³/mol. The molecule has 2 nitrogen and oxygen atoms in total. The Morgan fingerprint density at radius 2 is 2.12 bits per heavy atom. The van der Waals surface area contributed by atoms with Gasteiger partial charge >= 0.3 is 5.97 Å². The molecular weight excluding hydrogens is 200 g/mol. The van der Waals surface area contributed by atoms with Crippen LogP contribution in [0.4, 0.5) is 0 Å². The van der Waals surface area contributed by atoms with E-state index in [-0.39, 0.29) is 5.97 Å². The van der Waals surface area contributed by atoms with Gasteiger partial charge in [0.2, 0.25) is 0 Å². The number of ether oxygens (including phenoxy) is 1. The topological polar surface area (TPSA) is 26.3 Å². The van der Waals surface area contributed by atoms with Crippen LogP contribution in [-0.2, 0) is 16.0 Å². The van der Waals surface area contributed by atoms with Crippen LogP contribution in [0.15, 0.2) is 24.3 Å². The van der Waals surface area contributed by atoms with Gasteiger partial charge in [0, 0.05) is 6.42 Å².